The lowest BCUT2D eigenvalue weighted by Crippen LogP contribution is -1.84. The zero-order valence-electron chi connectivity index (χ0n) is 5.59. The topological polar surface area (TPSA) is 37.3 Å². The predicted molar refractivity (Wildman–Crippen MR) is 36.2 cm³/mol. The third-order valence-electron chi connectivity index (χ3n) is 0.689. The summed E-state index contributed by atoms with van der Waals surface area (Å²) in [4.78, 5) is 10.3. The third kappa shape index (κ3) is 4.81. The number of aliphatic hydroxyl groups is 1. The fraction of sp³-hybridized carbons (Fsp3) is 0.286. The number of carbonyl (C=O) groups excluding carboxylic acids is 1. The summed E-state index contributed by atoms with van der Waals surface area (Å²) in [7, 11) is 0. The van der Waals surface area contributed by atoms with Crippen molar-refractivity contribution in [3.63, 3.8) is 0 Å². The number of aliphatic hydroxyl groups excluding tert-OH is 1. The Labute approximate surface area is 54.5 Å². The van der Waals surface area contributed by atoms with Crippen molar-refractivity contribution in [1.29, 1.82) is 0 Å². The van der Waals surface area contributed by atoms with Crippen LogP contribution in [0.1, 0.15) is 13.8 Å². The zero-order valence-corrected chi connectivity index (χ0v) is 5.59. The standard InChI is InChI=1S/C7H10O2/c1-3-4-7(9)5-6(2)8/h3-5,9H,1-2H3/b4-3-,7-5+. The van der Waals surface area contributed by atoms with Gasteiger partial charge in [0, 0.05) is 6.08 Å². The van der Waals surface area contributed by atoms with Crippen molar-refractivity contribution in [2.45, 2.75) is 13.8 Å². The van der Waals surface area contributed by atoms with Gasteiger partial charge in [0.05, 0.1) is 0 Å². The predicted octanol–water partition coefficient (Wildman–Crippen LogP) is 1.59. The van der Waals surface area contributed by atoms with Crippen molar-refractivity contribution in [1.82, 2.24) is 0 Å². The molecule has 0 rings (SSSR count). The van der Waals surface area contributed by atoms with Crippen LogP contribution in [-0.2, 0) is 4.79 Å². The number of hydrogen-bond acceptors (Lipinski definition) is 2. The van der Waals surface area contributed by atoms with Gasteiger partial charge in [0.25, 0.3) is 0 Å². The van der Waals surface area contributed by atoms with Crippen LogP contribution in [0.3, 0.4) is 0 Å². The SMILES string of the molecule is C/C=C\C(O)=C/C(C)=O. The minimum absolute atomic E-state index is 0.00463. The van der Waals surface area contributed by atoms with Crippen LogP contribution in [0.25, 0.3) is 0 Å². The molecular weight excluding hydrogens is 116 g/mol. The molecular formula is C7H10O2. The smallest absolute Gasteiger partial charge is 0.156 e. The van der Waals surface area contributed by atoms with Crippen molar-refractivity contribution < 1.29 is 9.90 Å². The molecule has 0 aromatic carbocycles. The fourth-order valence-corrected chi connectivity index (χ4v) is 0.427. The first-order valence-corrected chi connectivity index (χ1v) is 2.70. The summed E-state index contributed by atoms with van der Waals surface area (Å²) >= 11 is 0. The Hall–Kier alpha value is -1.05. The maximum atomic E-state index is 10.3. The Kier molecular flexibility index (Phi) is 3.44. The molecule has 50 valence electrons. The summed E-state index contributed by atoms with van der Waals surface area (Å²) in [5.74, 6) is -0.143. The van der Waals surface area contributed by atoms with Crippen LogP contribution >= 0.6 is 0 Å². The van der Waals surface area contributed by atoms with Crippen LogP contribution in [0.5, 0.6) is 0 Å². The Morgan fingerprint density at radius 2 is 2.11 bits per heavy atom. The van der Waals surface area contributed by atoms with E-state index in [2.05, 4.69) is 0 Å². The highest BCUT2D eigenvalue weighted by molar-refractivity contribution is 5.87. The van der Waals surface area contributed by atoms with E-state index in [9.17, 15) is 4.79 Å². The van der Waals surface area contributed by atoms with Crippen molar-refractivity contribution in [2.24, 2.45) is 0 Å². The van der Waals surface area contributed by atoms with E-state index < -0.39 is 0 Å². The molecule has 2 heteroatoms. The van der Waals surface area contributed by atoms with E-state index >= 15 is 0 Å². The van der Waals surface area contributed by atoms with Gasteiger partial charge in [0.15, 0.2) is 5.78 Å². The molecule has 0 atom stereocenters. The van der Waals surface area contributed by atoms with Gasteiger partial charge < -0.3 is 5.11 Å². The van der Waals surface area contributed by atoms with Crippen LogP contribution in [0.4, 0.5) is 0 Å². The Morgan fingerprint density at radius 3 is 2.44 bits per heavy atom. The second-order valence-electron chi connectivity index (χ2n) is 1.68. The lowest BCUT2D eigenvalue weighted by atomic mass is 10.3. The van der Waals surface area contributed by atoms with E-state index in [1.165, 1.54) is 19.1 Å². The first kappa shape index (κ1) is 7.95. The first-order chi connectivity index (χ1) is 4.16. The third-order valence-corrected chi connectivity index (χ3v) is 0.689. The number of carbonyl (C=O) groups is 1. The molecule has 0 bridgehead atoms. The van der Waals surface area contributed by atoms with E-state index in [-0.39, 0.29) is 11.5 Å². The van der Waals surface area contributed by atoms with Crippen molar-refractivity contribution in [3.8, 4) is 0 Å². The van der Waals surface area contributed by atoms with E-state index in [1.807, 2.05) is 0 Å². The van der Waals surface area contributed by atoms with Crippen LogP contribution in [0.2, 0.25) is 0 Å². The van der Waals surface area contributed by atoms with Gasteiger partial charge in [0.1, 0.15) is 5.76 Å². The van der Waals surface area contributed by atoms with E-state index in [4.69, 9.17) is 5.11 Å². The molecule has 0 spiro atoms. The Balaban J connectivity index is 4.00. The van der Waals surface area contributed by atoms with Crippen LogP contribution in [0, 0.1) is 0 Å². The molecule has 0 aromatic heterocycles. The minimum Gasteiger partial charge on any atom is -0.508 e. The van der Waals surface area contributed by atoms with E-state index in [0.717, 1.165) is 0 Å². The van der Waals surface area contributed by atoms with Crippen molar-refractivity contribution in [3.05, 3.63) is 24.0 Å². The summed E-state index contributed by atoms with van der Waals surface area (Å²) in [5.41, 5.74) is 0. The zero-order chi connectivity index (χ0) is 7.28. The highest BCUT2D eigenvalue weighted by Crippen LogP contribution is 1.89. The molecule has 0 aromatic rings. The first-order valence-electron chi connectivity index (χ1n) is 2.70. The highest BCUT2D eigenvalue weighted by Gasteiger charge is 1.86. The summed E-state index contributed by atoms with van der Waals surface area (Å²) in [5, 5.41) is 8.77. The van der Waals surface area contributed by atoms with Crippen LogP contribution < -0.4 is 0 Å². The molecule has 0 saturated heterocycles. The van der Waals surface area contributed by atoms with Gasteiger partial charge in [-0.2, -0.15) is 0 Å². The molecule has 0 saturated carbocycles. The number of hydrogen-bond donors (Lipinski definition) is 1. The molecule has 2 nitrogen and oxygen atoms in total. The number of ketones is 1. The largest absolute Gasteiger partial charge is 0.508 e. The summed E-state index contributed by atoms with van der Waals surface area (Å²) in [6.07, 6.45) is 4.29. The minimum atomic E-state index is -0.148. The molecule has 0 unspecified atom stereocenters. The van der Waals surface area contributed by atoms with Crippen LogP contribution in [0.15, 0.2) is 24.0 Å². The lowest BCUT2D eigenvalue weighted by molar-refractivity contribution is -0.112. The second-order valence-corrected chi connectivity index (χ2v) is 1.68. The maximum absolute atomic E-state index is 10.3. The highest BCUT2D eigenvalue weighted by atomic mass is 16.3. The molecule has 1 N–H and O–H groups in total. The van der Waals surface area contributed by atoms with Gasteiger partial charge in [-0.1, -0.05) is 6.08 Å². The van der Waals surface area contributed by atoms with Crippen molar-refractivity contribution in [2.75, 3.05) is 0 Å². The van der Waals surface area contributed by atoms with Gasteiger partial charge in [-0.3, -0.25) is 4.79 Å². The molecule has 0 heterocycles. The van der Waals surface area contributed by atoms with Gasteiger partial charge in [-0.25, -0.2) is 0 Å². The monoisotopic (exact) mass is 126 g/mol. The van der Waals surface area contributed by atoms with Gasteiger partial charge in [-0.05, 0) is 19.9 Å². The molecule has 9 heavy (non-hydrogen) atoms. The maximum Gasteiger partial charge on any atom is 0.156 e. The lowest BCUT2D eigenvalue weighted by Gasteiger charge is -1.84. The quantitative estimate of drug-likeness (QED) is 0.346. The average Bonchev–Trinajstić information content (AvgIpc) is 1.63. The van der Waals surface area contributed by atoms with E-state index in [0.29, 0.717) is 0 Å². The molecule has 0 radical (unpaired) electrons. The molecule has 0 aliphatic carbocycles. The van der Waals surface area contributed by atoms with Gasteiger partial charge in [0.2, 0.25) is 0 Å². The van der Waals surface area contributed by atoms with Gasteiger partial charge >= 0.3 is 0 Å². The summed E-state index contributed by atoms with van der Waals surface area (Å²) in [6, 6.07) is 0. The average molecular weight is 126 g/mol. The molecule has 0 amide bonds. The normalized spacial score (nSPS) is 12.4. The molecule has 0 fully saturated rings. The fourth-order valence-electron chi connectivity index (χ4n) is 0.427. The summed E-state index contributed by atoms with van der Waals surface area (Å²) < 4.78 is 0. The van der Waals surface area contributed by atoms with Crippen molar-refractivity contribution >= 4 is 5.78 Å². The number of allylic oxidation sites excluding steroid dienone is 3. The van der Waals surface area contributed by atoms with Gasteiger partial charge in [-0.15, -0.1) is 0 Å². The Bertz CT molecular complexity index is 154. The molecule has 0 aliphatic rings. The number of rotatable bonds is 2. The summed E-state index contributed by atoms with van der Waals surface area (Å²) in [6.45, 7) is 3.16. The Morgan fingerprint density at radius 1 is 1.56 bits per heavy atom. The van der Waals surface area contributed by atoms with Crippen LogP contribution in [-0.4, -0.2) is 10.9 Å². The molecule has 0 aliphatic heterocycles. The van der Waals surface area contributed by atoms with E-state index in [1.54, 1.807) is 13.0 Å². The second kappa shape index (κ2) is 3.89.